The van der Waals surface area contributed by atoms with Crippen LogP contribution in [-0.4, -0.2) is 23.6 Å². The third-order valence-electron chi connectivity index (χ3n) is 3.02. The summed E-state index contributed by atoms with van der Waals surface area (Å²) in [7, 11) is -3.62. The van der Waals surface area contributed by atoms with E-state index in [1.807, 2.05) is 12.1 Å². The van der Waals surface area contributed by atoms with E-state index in [2.05, 4.69) is 33.8 Å². The standard InChI is InChI=1S/C12H16N4O2S/c1-3-9(2)10-4-6-11(7-5-10)19(17,18)16-12-13-8-14-15-12/h4-9H,3H2,1-2H3,(H2,13,14,15,16). The quantitative estimate of drug-likeness (QED) is 0.878. The van der Waals surface area contributed by atoms with E-state index in [4.69, 9.17) is 0 Å². The molecule has 0 aliphatic rings. The number of hydrogen-bond acceptors (Lipinski definition) is 4. The molecule has 0 spiro atoms. The van der Waals surface area contributed by atoms with Gasteiger partial charge in [0.05, 0.1) is 4.90 Å². The van der Waals surface area contributed by atoms with Gasteiger partial charge in [-0.05, 0) is 30.0 Å². The molecule has 6 nitrogen and oxygen atoms in total. The van der Waals surface area contributed by atoms with Crippen molar-refractivity contribution in [1.82, 2.24) is 15.2 Å². The van der Waals surface area contributed by atoms with Crippen molar-refractivity contribution in [3.8, 4) is 0 Å². The summed E-state index contributed by atoms with van der Waals surface area (Å²) < 4.78 is 26.4. The molecule has 0 aliphatic heterocycles. The molecule has 2 rings (SSSR count). The molecular weight excluding hydrogens is 264 g/mol. The molecule has 1 unspecified atom stereocenters. The Balaban J connectivity index is 2.21. The van der Waals surface area contributed by atoms with E-state index in [0.29, 0.717) is 5.92 Å². The van der Waals surface area contributed by atoms with Gasteiger partial charge in [0.2, 0.25) is 5.95 Å². The second kappa shape index (κ2) is 5.40. The van der Waals surface area contributed by atoms with Crippen LogP contribution in [0, 0.1) is 0 Å². The van der Waals surface area contributed by atoms with E-state index in [9.17, 15) is 8.42 Å². The smallest absolute Gasteiger partial charge is 0.248 e. The Hall–Kier alpha value is -1.89. The summed E-state index contributed by atoms with van der Waals surface area (Å²) in [6.45, 7) is 4.21. The van der Waals surface area contributed by atoms with Gasteiger partial charge in [0.25, 0.3) is 10.0 Å². The van der Waals surface area contributed by atoms with E-state index < -0.39 is 10.0 Å². The average Bonchev–Trinajstić information content (AvgIpc) is 2.90. The van der Waals surface area contributed by atoms with Crippen molar-refractivity contribution in [3.63, 3.8) is 0 Å². The molecule has 2 aromatic rings. The average molecular weight is 280 g/mol. The van der Waals surface area contributed by atoms with Crippen LogP contribution >= 0.6 is 0 Å². The Morgan fingerprint density at radius 3 is 2.53 bits per heavy atom. The molecular formula is C12H16N4O2S. The zero-order valence-electron chi connectivity index (χ0n) is 10.8. The van der Waals surface area contributed by atoms with Gasteiger partial charge in [0.15, 0.2) is 0 Å². The van der Waals surface area contributed by atoms with Crippen LogP contribution in [0.15, 0.2) is 35.5 Å². The lowest BCUT2D eigenvalue weighted by molar-refractivity contribution is 0.600. The number of aromatic amines is 1. The van der Waals surface area contributed by atoms with Gasteiger partial charge in [-0.25, -0.2) is 18.2 Å². The largest absolute Gasteiger partial charge is 0.264 e. The fraction of sp³-hybridized carbons (Fsp3) is 0.333. The van der Waals surface area contributed by atoms with Crippen molar-refractivity contribution in [3.05, 3.63) is 36.2 Å². The SMILES string of the molecule is CCC(C)c1ccc(S(=O)(=O)Nc2ncn[nH]2)cc1. The van der Waals surface area contributed by atoms with E-state index in [1.165, 1.54) is 6.33 Å². The predicted octanol–water partition coefficient (Wildman–Crippen LogP) is 2.12. The van der Waals surface area contributed by atoms with Crippen LogP contribution in [-0.2, 0) is 10.0 Å². The third-order valence-corrected chi connectivity index (χ3v) is 4.37. The fourth-order valence-electron chi connectivity index (χ4n) is 1.65. The summed E-state index contributed by atoms with van der Waals surface area (Å²) in [6.07, 6.45) is 2.26. The Bertz CT molecular complexity index is 620. The summed E-state index contributed by atoms with van der Waals surface area (Å²) in [5.41, 5.74) is 1.13. The highest BCUT2D eigenvalue weighted by molar-refractivity contribution is 7.92. The Morgan fingerprint density at radius 1 is 1.32 bits per heavy atom. The summed E-state index contributed by atoms with van der Waals surface area (Å²) in [4.78, 5) is 3.93. The minimum Gasteiger partial charge on any atom is -0.248 e. The number of anilines is 1. The van der Waals surface area contributed by atoms with Crippen LogP contribution in [0.4, 0.5) is 5.95 Å². The lowest BCUT2D eigenvalue weighted by Crippen LogP contribution is -2.14. The number of rotatable bonds is 5. The Labute approximate surface area is 112 Å². The molecule has 19 heavy (non-hydrogen) atoms. The number of nitrogens with one attached hydrogen (secondary N) is 2. The third kappa shape index (κ3) is 3.11. The maximum Gasteiger partial charge on any atom is 0.264 e. The molecule has 0 bridgehead atoms. The minimum atomic E-state index is -3.62. The summed E-state index contributed by atoms with van der Waals surface area (Å²) in [6, 6.07) is 6.87. The van der Waals surface area contributed by atoms with Gasteiger partial charge in [-0.3, -0.25) is 0 Å². The summed E-state index contributed by atoms with van der Waals surface area (Å²) in [5, 5.41) is 6.04. The van der Waals surface area contributed by atoms with Gasteiger partial charge in [0.1, 0.15) is 6.33 Å². The number of H-pyrrole nitrogens is 1. The van der Waals surface area contributed by atoms with Gasteiger partial charge in [0, 0.05) is 0 Å². The van der Waals surface area contributed by atoms with Gasteiger partial charge in [-0.2, -0.15) is 10.1 Å². The molecule has 0 aliphatic carbocycles. The lowest BCUT2D eigenvalue weighted by atomic mass is 9.99. The van der Waals surface area contributed by atoms with Crippen LogP contribution in [0.3, 0.4) is 0 Å². The van der Waals surface area contributed by atoms with Gasteiger partial charge in [-0.15, -0.1) is 0 Å². The molecule has 7 heteroatoms. The van der Waals surface area contributed by atoms with E-state index in [1.54, 1.807) is 12.1 Å². The van der Waals surface area contributed by atoms with E-state index in [0.717, 1.165) is 12.0 Å². The molecule has 1 heterocycles. The van der Waals surface area contributed by atoms with Crippen LogP contribution in [0.5, 0.6) is 0 Å². The van der Waals surface area contributed by atoms with Gasteiger partial charge < -0.3 is 0 Å². The van der Waals surface area contributed by atoms with Crippen LogP contribution in [0.1, 0.15) is 31.7 Å². The first-order valence-corrected chi connectivity index (χ1v) is 7.49. The van der Waals surface area contributed by atoms with E-state index >= 15 is 0 Å². The molecule has 1 atom stereocenters. The second-order valence-electron chi connectivity index (χ2n) is 4.32. The summed E-state index contributed by atoms with van der Waals surface area (Å²) >= 11 is 0. The minimum absolute atomic E-state index is 0.103. The van der Waals surface area contributed by atoms with Crippen LogP contribution in [0.2, 0.25) is 0 Å². The number of sulfonamides is 1. The molecule has 0 saturated carbocycles. The van der Waals surface area contributed by atoms with Gasteiger partial charge >= 0.3 is 0 Å². The highest BCUT2D eigenvalue weighted by atomic mass is 32.2. The monoisotopic (exact) mass is 280 g/mol. The molecule has 0 fully saturated rings. The zero-order chi connectivity index (χ0) is 13.9. The van der Waals surface area contributed by atoms with Crippen molar-refractivity contribution >= 4 is 16.0 Å². The predicted molar refractivity (Wildman–Crippen MR) is 72.3 cm³/mol. The lowest BCUT2D eigenvalue weighted by Gasteiger charge is -2.10. The van der Waals surface area contributed by atoms with Crippen molar-refractivity contribution in [2.24, 2.45) is 0 Å². The van der Waals surface area contributed by atoms with E-state index in [-0.39, 0.29) is 10.8 Å². The van der Waals surface area contributed by atoms with Crippen molar-refractivity contribution in [2.45, 2.75) is 31.1 Å². The highest BCUT2D eigenvalue weighted by Gasteiger charge is 2.15. The summed E-state index contributed by atoms with van der Waals surface area (Å²) in [5.74, 6) is 0.519. The zero-order valence-corrected chi connectivity index (χ0v) is 11.6. The van der Waals surface area contributed by atoms with Crippen molar-refractivity contribution in [1.29, 1.82) is 0 Å². The second-order valence-corrected chi connectivity index (χ2v) is 6.00. The number of nitrogens with zero attached hydrogens (tertiary/aromatic N) is 2. The molecule has 1 aromatic heterocycles. The Kier molecular flexibility index (Phi) is 3.84. The Morgan fingerprint density at radius 2 is 2.00 bits per heavy atom. The first-order chi connectivity index (χ1) is 9.03. The number of aromatic nitrogens is 3. The van der Waals surface area contributed by atoms with Crippen molar-refractivity contribution in [2.75, 3.05) is 4.72 Å². The number of benzene rings is 1. The highest BCUT2D eigenvalue weighted by Crippen LogP contribution is 2.21. The van der Waals surface area contributed by atoms with Crippen LogP contribution < -0.4 is 4.72 Å². The molecule has 0 saturated heterocycles. The fourth-order valence-corrected chi connectivity index (χ4v) is 2.62. The topological polar surface area (TPSA) is 87.7 Å². The first-order valence-electron chi connectivity index (χ1n) is 6.01. The maximum atomic E-state index is 12.1. The molecule has 0 radical (unpaired) electrons. The van der Waals surface area contributed by atoms with Crippen LogP contribution in [0.25, 0.3) is 0 Å². The van der Waals surface area contributed by atoms with Gasteiger partial charge in [-0.1, -0.05) is 26.0 Å². The molecule has 2 N–H and O–H groups in total. The molecule has 102 valence electrons. The molecule has 1 aromatic carbocycles. The first kappa shape index (κ1) is 13.5. The maximum absolute atomic E-state index is 12.1. The number of hydrogen-bond donors (Lipinski definition) is 2. The molecule has 0 amide bonds. The van der Waals surface area contributed by atoms with Crippen molar-refractivity contribution < 1.29 is 8.42 Å². The normalized spacial score (nSPS) is 13.2.